The highest BCUT2D eigenvalue weighted by Gasteiger charge is 2.54. The summed E-state index contributed by atoms with van der Waals surface area (Å²) in [6.45, 7) is 6.11. The minimum absolute atomic E-state index is 0.0778. The first-order valence-electron chi connectivity index (χ1n) is 8.69. The lowest BCUT2D eigenvalue weighted by molar-refractivity contribution is -0.171. The van der Waals surface area contributed by atoms with Crippen molar-refractivity contribution in [2.75, 3.05) is 13.2 Å². The van der Waals surface area contributed by atoms with Crippen LogP contribution in [0.1, 0.15) is 51.6 Å². The van der Waals surface area contributed by atoms with Crippen LogP contribution in [0.5, 0.6) is 0 Å². The second-order valence-electron chi connectivity index (χ2n) is 6.26. The van der Waals surface area contributed by atoms with Crippen LogP contribution >= 0.6 is 0 Å². The molecule has 0 unspecified atom stereocenters. The molecule has 5 heteroatoms. The highest BCUT2D eigenvalue weighted by Crippen LogP contribution is 2.41. The minimum Gasteiger partial charge on any atom is -0.465 e. The van der Waals surface area contributed by atoms with E-state index in [1.54, 1.807) is 13.8 Å². The van der Waals surface area contributed by atoms with E-state index in [2.05, 4.69) is 24.4 Å². The molecule has 0 spiro atoms. The molecule has 0 radical (unpaired) electrons. The van der Waals surface area contributed by atoms with Crippen LogP contribution in [0.2, 0.25) is 0 Å². The van der Waals surface area contributed by atoms with Crippen LogP contribution in [0.25, 0.3) is 0 Å². The van der Waals surface area contributed by atoms with Gasteiger partial charge in [0.05, 0.1) is 13.2 Å². The molecule has 1 aliphatic carbocycles. The molecule has 0 saturated heterocycles. The highest BCUT2D eigenvalue weighted by molar-refractivity contribution is 6.00. The van der Waals surface area contributed by atoms with Crippen LogP contribution in [0.3, 0.4) is 0 Å². The van der Waals surface area contributed by atoms with Gasteiger partial charge >= 0.3 is 11.9 Å². The lowest BCUT2D eigenvalue weighted by Gasteiger charge is -2.25. The zero-order chi connectivity index (χ0) is 17.6. The van der Waals surface area contributed by atoms with Crippen molar-refractivity contribution in [1.29, 1.82) is 0 Å². The summed E-state index contributed by atoms with van der Waals surface area (Å²) < 4.78 is 10.3. The first-order valence-corrected chi connectivity index (χ1v) is 8.69. The van der Waals surface area contributed by atoms with Crippen LogP contribution in [-0.2, 0) is 19.1 Å². The topological polar surface area (TPSA) is 64.6 Å². The molecule has 0 aliphatic heterocycles. The van der Waals surface area contributed by atoms with Crippen molar-refractivity contribution in [2.45, 2.75) is 52.1 Å². The van der Waals surface area contributed by atoms with Crippen molar-refractivity contribution in [1.82, 2.24) is 5.32 Å². The monoisotopic (exact) mass is 333 g/mol. The summed E-state index contributed by atoms with van der Waals surface area (Å²) >= 11 is 0. The van der Waals surface area contributed by atoms with Gasteiger partial charge in [-0.1, -0.05) is 30.3 Å². The van der Waals surface area contributed by atoms with E-state index < -0.39 is 17.4 Å². The molecule has 1 saturated carbocycles. The molecule has 132 valence electrons. The van der Waals surface area contributed by atoms with Gasteiger partial charge in [-0.15, -0.1) is 0 Å². The molecule has 0 bridgehead atoms. The summed E-state index contributed by atoms with van der Waals surface area (Å²) in [4.78, 5) is 24.9. The molecule has 2 atom stereocenters. The Morgan fingerprint density at radius 2 is 1.75 bits per heavy atom. The Labute approximate surface area is 143 Å². The normalized spacial score (nSPS) is 20.4. The van der Waals surface area contributed by atoms with Crippen LogP contribution in [0.4, 0.5) is 0 Å². The lowest BCUT2D eigenvalue weighted by Crippen LogP contribution is -2.42. The van der Waals surface area contributed by atoms with Crippen molar-refractivity contribution < 1.29 is 19.1 Å². The van der Waals surface area contributed by atoms with Crippen LogP contribution in [0, 0.1) is 5.41 Å². The SMILES string of the molecule is CCOC(=O)C1(C(=O)OCC)CC[C@H](N[C@@H](C)c2ccccc2)C1. The van der Waals surface area contributed by atoms with Gasteiger partial charge in [0, 0.05) is 12.1 Å². The van der Waals surface area contributed by atoms with Gasteiger partial charge < -0.3 is 14.8 Å². The van der Waals surface area contributed by atoms with Crippen molar-refractivity contribution in [3.05, 3.63) is 35.9 Å². The van der Waals surface area contributed by atoms with Gasteiger partial charge in [0.15, 0.2) is 5.41 Å². The number of ether oxygens (including phenoxy) is 2. The molecule has 0 aromatic heterocycles. The summed E-state index contributed by atoms with van der Waals surface area (Å²) in [6, 6.07) is 10.4. The van der Waals surface area contributed by atoms with E-state index in [0.29, 0.717) is 12.8 Å². The van der Waals surface area contributed by atoms with E-state index in [4.69, 9.17) is 9.47 Å². The Bertz CT molecular complexity index is 540. The standard InChI is InChI=1S/C19H27NO4/c1-4-23-17(21)19(18(22)24-5-2)12-11-16(13-19)20-14(3)15-9-7-6-8-10-15/h6-10,14,16,20H,4-5,11-13H2,1-3H3/t14-,16-/m0/s1. The van der Waals surface area contributed by atoms with Gasteiger partial charge in [0.2, 0.25) is 0 Å². The Kier molecular flexibility index (Phi) is 6.37. The third-order valence-corrected chi connectivity index (χ3v) is 4.63. The molecule has 1 aromatic carbocycles. The fourth-order valence-electron chi connectivity index (χ4n) is 3.37. The number of carbonyl (C=O) groups is 2. The summed E-state index contributed by atoms with van der Waals surface area (Å²) in [6.07, 6.45) is 1.63. The smallest absolute Gasteiger partial charge is 0.323 e. The minimum atomic E-state index is -1.17. The molecule has 1 aromatic rings. The number of rotatable bonds is 7. The van der Waals surface area contributed by atoms with E-state index in [0.717, 1.165) is 6.42 Å². The predicted octanol–water partition coefficient (Wildman–Crippen LogP) is 3.00. The highest BCUT2D eigenvalue weighted by atomic mass is 16.6. The summed E-state index contributed by atoms with van der Waals surface area (Å²) in [5.41, 5.74) is 0.0161. The maximum atomic E-state index is 12.4. The van der Waals surface area contributed by atoms with Crippen LogP contribution < -0.4 is 5.32 Å². The number of esters is 2. The Hall–Kier alpha value is -1.88. The van der Waals surface area contributed by atoms with E-state index in [1.165, 1.54) is 5.56 Å². The number of hydrogen-bond donors (Lipinski definition) is 1. The van der Waals surface area contributed by atoms with Gasteiger partial charge in [-0.05, 0) is 45.6 Å². The number of nitrogens with one attached hydrogen (secondary N) is 1. The summed E-state index contributed by atoms with van der Waals surface area (Å²) in [5, 5.41) is 3.53. The zero-order valence-corrected chi connectivity index (χ0v) is 14.7. The second kappa shape index (κ2) is 8.29. The molecule has 2 rings (SSSR count). The van der Waals surface area contributed by atoms with Crippen molar-refractivity contribution in [3.8, 4) is 0 Å². The third kappa shape index (κ3) is 3.96. The van der Waals surface area contributed by atoms with Gasteiger partial charge in [0.1, 0.15) is 0 Å². The molecule has 1 aliphatic rings. The third-order valence-electron chi connectivity index (χ3n) is 4.63. The van der Waals surface area contributed by atoms with Crippen molar-refractivity contribution >= 4 is 11.9 Å². The quantitative estimate of drug-likeness (QED) is 0.614. The van der Waals surface area contributed by atoms with E-state index in [9.17, 15) is 9.59 Å². The van der Waals surface area contributed by atoms with Gasteiger partial charge in [-0.2, -0.15) is 0 Å². The largest absolute Gasteiger partial charge is 0.465 e. The first kappa shape index (κ1) is 18.5. The maximum absolute atomic E-state index is 12.4. The number of hydrogen-bond acceptors (Lipinski definition) is 5. The van der Waals surface area contributed by atoms with E-state index in [-0.39, 0.29) is 25.3 Å². The van der Waals surface area contributed by atoms with E-state index in [1.807, 2.05) is 18.2 Å². The first-order chi connectivity index (χ1) is 11.5. The number of benzene rings is 1. The maximum Gasteiger partial charge on any atom is 0.323 e. The summed E-state index contributed by atoms with van der Waals surface area (Å²) in [5.74, 6) is -0.916. The van der Waals surface area contributed by atoms with Crippen LogP contribution in [-0.4, -0.2) is 31.2 Å². The second-order valence-corrected chi connectivity index (χ2v) is 6.26. The van der Waals surface area contributed by atoms with Gasteiger partial charge in [0.25, 0.3) is 0 Å². The molecular formula is C19H27NO4. The van der Waals surface area contributed by atoms with Crippen molar-refractivity contribution in [2.24, 2.45) is 5.41 Å². The Balaban J connectivity index is 2.08. The average Bonchev–Trinajstić information content (AvgIpc) is 3.01. The van der Waals surface area contributed by atoms with Gasteiger partial charge in [-0.3, -0.25) is 9.59 Å². The van der Waals surface area contributed by atoms with Crippen molar-refractivity contribution in [3.63, 3.8) is 0 Å². The zero-order valence-electron chi connectivity index (χ0n) is 14.7. The predicted molar refractivity (Wildman–Crippen MR) is 91.3 cm³/mol. The molecule has 0 amide bonds. The Morgan fingerprint density at radius 1 is 1.17 bits per heavy atom. The summed E-state index contributed by atoms with van der Waals surface area (Å²) in [7, 11) is 0. The van der Waals surface area contributed by atoms with E-state index >= 15 is 0 Å². The van der Waals surface area contributed by atoms with Gasteiger partial charge in [-0.25, -0.2) is 0 Å². The average molecular weight is 333 g/mol. The molecular weight excluding hydrogens is 306 g/mol. The number of carbonyl (C=O) groups excluding carboxylic acids is 2. The Morgan fingerprint density at radius 3 is 2.29 bits per heavy atom. The van der Waals surface area contributed by atoms with Crippen LogP contribution in [0.15, 0.2) is 30.3 Å². The fourth-order valence-corrected chi connectivity index (χ4v) is 3.37. The lowest BCUT2D eigenvalue weighted by atomic mass is 9.86. The molecule has 1 fully saturated rings. The molecule has 1 N–H and O–H groups in total. The fraction of sp³-hybridized carbons (Fsp3) is 0.579. The molecule has 5 nitrogen and oxygen atoms in total. The molecule has 24 heavy (non-hydrogen) atoms. The molecule has 0 heterocycles.